The first-order chi connectivity index (χ1) is 11.0. The molecule has 120 valence electrons. The summed E-state index contributed by atoms with van der Waals surface area (Å²) < 4.78 is 44.0. The summed E-state index contributed by atoms with van der Waals surface area (Å²) in [6, 6.07) is 7.54. The van der Waals surface area contributed by atoms with Crippen molar-refractivity contribution in [2.45, 2.75) is 0 Å². The predicted molar refractivity (Wildman–Crippen MR) is 73.9 cm³/mol. The molecule has 5 nitrogen and oxygen atoms in total. The molecule has 2 amide bonds. The van der Waals surface area contributed by atoms with Gasteiger partial charge in [0.25, 0.3) is 11.8 Å². The molecule has 0 aromatic heterocycles. The summed E-state index contributed by atoms with van der Waals surface area (Å²) in [5.41, 5.74) is 3.51. The molecule has 0 fully saturated rings. The van der Waals surface area contributed by atoms with Crippen LogP contribution in [0.2, 0.25) is 0 Å². The van der Waals surface area contributed by atoms with Gasteiger partial charge in [-0.3, -0.25) is 20.4 Å². The number of halogens is 3. The number of hydrogen-bond acceptors (Lipinski definition) is 3. The molecule has 8 heteroatoms. The van der Waals surface area contributed by atoms with Crippen molar-refractivity contribution in [2.75, 3.05) is 6.61 Å². The summed E-state index contributed by atoms with van der Waals surface area (Å²) >= 11 is 0. The summed E-state index contributed by atoms with van der Waals surface area (Å²) in [6.45, 7) is -0.490. The molecule has 2 N–H and O–H groups in total. The van der Waals surface area contributed by atoms with E-state index in [0.29, 0.717) is 6.07 Å². The standard InChI is InChI=1S/C15H11F3N2O3/c16-9-2-1-3-11(6-9)23-8-14(21)19-20-15(22)12-5-4-10(17)7-13(12)18/h1-7H,8H2,(H,19,21)(H,20,22). The average Bonchev–Trinajstić information content (AvgIpc) is 2.50. The Morgan fingerprint density at radius 1 is 0.957 bits per heavy atom. The lowest BCUT2D eigenvalue weighted by Crippen LogP contribution is -2.44. The molecule has 0 heterocycles. The molecule has 0 aliphatic rings. The van der Waals surface area contributed by atoms with Gasteiger partial charge in [-0.2, -0.15) is 0 Å². The molecule has 0 saturated heterocycles. The van der Waals surface area contributed by atoms with Gasteiger partial charge in [0.05, 0.1) is 5.56 Å². The van der Waals surface area contributed by atoms with E-state index in [4.69, 9.17) is 4.74 Å². The van der Waals surface area contributed by atoms with Crippen molar-refractivity contribution in [2.24, 2.45) is 0 Å². The van der Waals surface area contributed by atoms with Crippen molar-refractivity contribution in [1.29, 1.82) is 0 Å². The number of rotatable bonds is 4. The molecule has 0 radical (unpaired) electrons. The highest BCUT2D eigenvalue weighted by Gasteiger charge is 2.13. The molecular weight excluding hydrogens is 313 g/mol. The molecule has 2 aromatic carbocycles. The highest BCUT2D eigenvalue weighted by molar-refractivity contribution is 5.95. The highest BCUT2D eigenvalue weighted by atomic mass is 19.1. The lowest BCUT2D eigenvalue weighted by Gasteiger charge is -2.09. The van der Waals surface area contributed by atoms with Gasteiger partial charge in [-0.1, -0.05) is 6.07 Å². The van der Waals surface area contributed by atoms with Crippen LogP contribution in [0.4, 0.5) is 13.2 Å². The van der Waals surface area contributed by atoms with E-state index >= 15 is 0 Å². The van der Waals surface area contributed by atoms with E-state index < -0.39 is 41.4 Å². The molecule has 0 aliphatic carbocycles. The normalized spacial score (nSPS) is 10.0. The summed E-state index contributed by atoms with van der Waals surface area (Å²) in [5.74, 6) is -3.98. The number of hydrogen-bond donors (Lipinski definition) is 2. The summed E-state index contributed by atoms with van der Waals surface area (Å²) in [6.07, 6.45) is 0. The van der Waals surface area contributed by atoms with Crippen LogP contribution in [0.25, 0.3) is 0 Å². The largest absolute Gasteiger partial charge is 0.484 e. The van der Waals surface area contributed by atoms with Gasteiger partial charge < -0.3 is 4.74 Å². The van der Waals surface area contributed by atoms with Gasteiger partial charge in [0, 0.05) is 12.1 Å². The SMILES string of the molecule is O=C(COc1cccc(F)c1)NNC(=O)c1ccc(F)cc1F. The Kier molecular flexibility index (Phi) is 5.19. The lowest BCUT2D eigenvalue weighted by atomic mass is 10.2. The van der Waals surface area contributed by atoms with Gasteiger partial charge in [-0.25, -0.2) is 13.2 Å². The predicted octanol–water partition coefficient (Wildman–Crippen LogP) is 1.94. The maximum atomic E-state index is 13.4. The Bertz CT molecular complexity index is 738. The maximum Gasteiger partial charge on any atom is 0.276 e. The van der Waals surface area contributed by atoms with Crippen LogP contribution < -0.4 is 15.6 Å². The summed E-state index contributed by atoms with van der Waals surface area (Å²) in [5, 5.41) is 0. The van der Waals surface area contributed by atoms with Gasteiger partial charge in [0.15, 0.2) is 6.61 Å². The van der Waals surface area contributed by atoms with Crippen molar-refractivity contribution in [3.8, 4) is 5.75 Å². The van der Waals surface area contributed by atoms with Crippen LogP contribution in [0.5, 0.6) is 5.75 Å². The van der Waals surface area contributed by atoms with Crippen LogP contribution in [0, 0.1) is 17.5 Å². The fourth-order valence-corrected chi connectivity index (χ4v) is 1.61. The molecular formula is C15H11F3N2O3. The Balaban J connectivity index is 1.83. The van der Waals surface area contributed by atoms with E-state index in [0.717, 1.165) is 18.2 Å². The quantitative estimate of drug-likeness (QED) is 0.845. The molecule has 0 spiro atoms. The molecule has 0 saturated carbocycles. The van der Waals surface area contributed by atoms with Gasteiger partial charge in [0.1, 0.15) is 23.2 Å². The van der Waals surface area contributed by atoms with Crippen LogP contribution in [-0.2, 0) is 4.79 Å². The van der Waals surface area contributed by atoms with Gasteiger partial charge in [-0.15, -0.1) is 0 Å². The zero-order valence-corrected chi connectivity index (χ0v) is 11.6. The van der Waals surface area contributed by atoms with E-state index in [1.54, 1.807) is 0 Å². The maximum absolute atomic E-state index is 13.4. The molecule has 2 rings (SSSR count). The Hall–Kier alpha value is -3.03. The van der Waals surface area contributed by atoms with E-state index in [1.807, 2.05) is 10.9 Å². The topological polar surface area (TPSA) is 67.4 Å². The van der Waals surface area contributed by atoms with Crippen LogP contribution in [0.3, 0.4) is 0 Å². The number of carbonyl (C=O) groups is 2. The van der Waals surface area contributed by atoms with Crippen LogP contribution in [-0.4, -0.2) is 18.4 Å². The van der Waals surface area contributed by atoms with Crippen LogP contribution in [0.15, 0.2) is 42.5 Å². The third kappa shape index (κ3) is 4.73. The molecule has 0 unspecified atom stereocenters. The fraction of sp³-hybridized carbons (Fsp3) is 0.0667. The van der Waals surface area contributed by atoms with Crippen molar-refractivity contribution >= 4 is 11.8 Å². The number of benzene rings is 2. The monoisotopic (exact) mass is 324 g/mol. The molecule has 0 atom stereocenters. The third-order valence-corrected chi connectivity index (χ3v) is 2.66. The zero-order valence-electron chi connectivity index (χ0n) is 11.6. The van der Waals surface area contributed by atoms with Crippen LogP contribution >= 0.6 is 0 Å². The second kappa shape index (κ2) is 7.30. The molecule has 2 aromatic rings. The number of carbonyl (C=O) groups excluding carboxylic acids is 2. The Labute approximate surface area is 129 Å². The molecule has 23 heavy (non-hydrogen) atoms. The van der Waals surface area contributed by atoms with Crippen LogP contribution in [0.1, 0.15) is 10.4 Å². The average molecular weight is 324 g/mol. The second-order valence-corrected chi connectivity index (χ2v) is 4.37. The smallest absolute Gasteiger partial charge is 0.276 e. The third-order valence-electron chi connectivity index (χ3n) is 2.66. The molecule has 0 aliphatic heterocycles. The zero-order chi connectivity index (χ0) is 16.8. The number of nitrogens with one attached hydrogen (secondary N) is 2. The van der Waals surface area contributed by atoms with Crippen molar-refractivity contribution in [3.63, 3.8) is 0 Å². The van der Waals surface area contributed by atoms with Gasteiger partial charge >= 0.3 is 0 Å². The fourth-order valence-electron chi connectivity index (χ4n) is 1.61. The second-order valence-electron chi connectivity index (χ2n) is 4.37. The summed E-state index contributed by atoms with van der Waals surface area (Å²) in [4.78, 5) is 23.1. The van der Waals surface area contributed by atoms with E-state index in [1.165, 1.54) is 18.2 Å². The number of hydrazine groups is 1. The lowest BCUT2D eigenvalue weighted by molar-refractivity contribution is -0.123. The van der Waals surface area contributed by atoms with Crippen molar-refractivity contribution < 1.29 is 27.5 Å². The van der Waals surface area contributed by atoms with Crippen molar-refractivity contribution in [1.82, 2.24) is 10.9 Å². The number of ether oxygens (including phenoxy) is 1. The van der Waals surface area contributed by atoms with Gasteiger partial charge in [-0.05, 0) is 24.3 Å². The minimum Gasteiger partial charge on any atom is -0.484 e. The first-order valence-corrected chi connectivity index (χ1v) is 6.38. The minimum absolute atomic E-state index is 0.135. The van der Waals surface area contributed by atoms with Crippen molar-refractivity contribution in [3.05, 3.63) is 65.5 Å². The Morgan fingerprint density at radius 2 is 1.70 bits per heavy atom. The highest BCUT2D eigenvalue weighted by Crippen LogP contribution is 2.11. The molecule has 0 bridgehead atoms. The minimum atomic E-state index is -1.06. The Morgan fingerprint density at radius 3 is 2.39 bits per heavy atom. The summed E-state index contributed by atoms with van der Waals surface area (Å²) in [7, 11) is 0. The van der Waals surface area contributed by atoms with E-state index in [-0.39, 0.29) is 5.75 Å². The van der Waals surface area contributed by atoms with E-state index in [2.05, 4.69) is 0 Å². The van der Waals surface area contributed by atoms with E-state index in [9.17, 15) is 22.8 Å². The van der Waals surface area contributed by atoms with Gasteiger partial charge in [0.2, 0.25) is 0 Å². The first kappa shape index (κ1) is 16.3. The number of amides is 2. The first-order valence-electron chi connectivity index (χ1n) is 6.38.